The lowest BCUT2D eigenvalue weighted by atomic mass is 9.97. The van der Waals surface area contributed by atoms with Gasteiger partial charge in [-0.2, -0.15) is 0 Å². The van der Waals surface area contributed by atoms with Crippen molar-refractivity contribution in [1.82, 2.24) is 0 Å². The first kappa shape index (κ1) is 75.7. The zero-order chi connectivity index (χ0) is 80.8. The summed E-state index contributed by atoms with van der Waals surface area (Å²) in [6.45, 7) is 14.5. The van der Waals surface area contributed by atoms with Crippen LogP contribution in [0, 0.1) is 0 Å². The molecule has 0 unspecified atom stereocenters. The number of carbonyl (C=O) groups is 4. The van der Waals surface area contributed by atoms with Crippen molar-refractivity contribution in [3.05, 3.63) is 409 Å². The topological polar surface area (TPSA) is 225 Å². The average molecular weight is 1580 g/mol. The lowest BCUT2D eigenvalue weighted by molar-refractivity contribution is -0.141. The molecule has 0 aliphatic carbocycles. The van der Waals surface area contributed by atoms with Crippen LogP contribution in [0.1, 0.15) is 85.9 Å². The Morgan fingerprint density at radius 1 is 0.288 bits per heavy atom. The van der Waals surface area contributed by atoms with Gasteiger partial charge in [-0.05, 0) is 48.5 Å². The summed E-state index contributed by atoms with van der Waals surface area (Å²) in [5, 5.41) is 0. The van der Waals surface area contributed by atoms with Gasteiger partial charge < -0.3 is 80.5 Å². The van der Waals surface area contributed by atoms with Crippen LogP contribution in [0.5, 0.6) is 69.0 Å². The van der Waals surface area contributed by atoms with Gasteiger partial charge in [0.15, 0.2) is 52.1 Å². The van der Waals surface area contributed by atoms with E-state index in [9.17, 15) is 0 Å². The highest BCUT2D eigenvalue weighted by molar-refractivity contribution is 5.94. The molecule has 118 heavy (non-hydrogen) atoms. The summed E-state index contributed by atoms with van der Waals surface area (Å²) in [6, 6.07) is 85.0. The predicted octanol–water partition coefficient (Wildman–Crippen LogP) is 17.8. The van der Waals surface area contributed by atoms with Gasteiger partial charge >= 0.3 is 47.0 Å². The average Bonchev–Trinajstić information content (AvgIpc) is 1.60. The van der Waals surface area contributed by atoms with E-state index >= 15 is 19.2 Å². The SMILES string of the molecule is C=CCOc1cc(C(=O)OC[C@H]2O[C@H](OC(=O)c3cc(OCC=C)c4c(c3)OC(c3ccccc3)(c3ccccc3)O4)[C@H](OC(=O)c3cc(OCC=C)c4c(c3)OC(c3ccccc3)(c3ccccc3)O4)[C@@H]2OC(=O)c2cc(OCC=C)c3c(c2)OC(c2ccccc2)(c2ccccc2)O3)cc2c1OC(c1ccccc1)(c1ccccc1)O2. The van der Waals surface area contributed by atoms with E-state index in [2.05, 4.69) is 26.3 Å². The maximum absolute atomic E-state index is 15.9. The fourth-order valence-electron chi connectivity index (χ4n) is 14.6. The van der Waals surface area contributed by atoms with E-state index in [-0.39, 0.29) is 118 Å². The molecule has 17 rings (SSSR count). The van der Waals surface area contributed by atoms with Crippen molar-refractivity contribution in [3.63, 3.8) is 0 Å². The molecular formula is C97H74O21. The normalized spacial score (nSPS) is 17.2. The molecule has 0 N–H and O–H groups in total. The molecule has 4 atom stereocenters. The summed E-state index contributed by atoms with van der Waals surface area (Å²) < 4.78 is 113. The summed E-state index contributed by atoms with van der Waals surface area (Å²) in [5.74, 6) is -9.72. The zero-order valence-electron chi connectivity index (χ0n) is 63.3. The molecule has 5 aliphatic rings. The van der Waals surface area contributed by atoms with E-state index in [1.54, 1.807) is 0 Å². The Morgan fingerprint density at radius 3 is 0.763 bits per heavy atom. The number of hydrogen-bond donors (Lipinski definition) is 0. The number of ether oxygens (including phenoxy) is 17. The Balaban J connectivity index is 0.780. The Kier molecular flexibility index (Phi) is 20.9. The molecule has 0 radical (unpaired) electrons. The molecule has 588 valence electrons. The fraction of sp³-hybridized carbons (Fsp3) is 0.134. The number of benzene rings is 12. The molecule has 0 aromatic heterocycles. The Morgan fingerprint density at radius 2 is 0.517 bits per heavy atom. The Bertz CT molecular complexity index is 5600. The minimum Gasteiger partial charge on any atom is -0.485 e. The van der Waals surface area contributed by atoms with Crippen LogP contribution in [0.3, 0.4) is 0 Å². The molecule has 0 spiro atoms. The van der Waals surface area contributed by atoms with Gasteiger partial charge in [-0.15, -0.1) is 0 Å². The molecule has 0 saturated carbocycles. The van der Waals surface area contributed by atoms with Crippen molar-refractivity contribution in [2.45, 2.75) is 47.8 Å². The molecule has 0 amide bonds. The number of carbonyl (C=O) groups excluding carboxylic acids is 4. The largest absolute Gasteiger partial charge is 0.485 e. The van der Waals surface area contributed by atoms with Crippen LogP contribution in [-0.4, -0.2) is 81.5 Å². The van der Waals surface area contributed by atoms with Crippen molar-refractivity contribution >= 4 is 23.9 Å². The van der Waals surface area contributed by atoms with Crippen molar-refractivity contribution in [2.24, 2.45) is 0 Å². The first-order chi connectivity index (χ1) is 57.8. The summed E-state index contributed by atoms with van der Waals surface area (Å²) in [6.07, 6.45) is -1.59. The minimum absolute atomic E-state index is 0.0253. The molecule has 21 nitrogen and oxygen atoms in total. The Hall–Kier alpha value is -15.0. The van der Waals surface area contributed by atoms with Gasteiger partial charge in [0, 0.05) is 44.5 Å². The second-order valence-electron chi connectivity index (χ2n) is 27.6. The molecule has 12 aromatic rings. The van der Waals surface area contributed by atoms with Crippen molar-refractivity contribution in [1.29, 1.82) is 0 Å². The molecule has 5 aliphatic heterocycles. The molecular weight excluding hydrogens is 1500 g/mol. The van der Waals surface area contributed by atoms with E-state index < -0.39 is 78.2 Å². The standard InChI is InChI=1S/C97H74O21/c1-5-49-102-74-53-62(57-78-83(74)115-94(111-78,66-33-17-9-18-34-66)67-35-19-10-20-36-67)89(98)106-61-82-87(108-90(99)63-54-75(103-50-6-2)84-79(58-63)112-95(116-84,68-37-21-11-22-38-68)69-39-23-12-24-40-69)88(109-91(100)64-55-76(104-51-7-3)85-80(59-64)113-96(117-85,70-41-25-13-26-42-70)71-43-27-14-28-44-71)93(107-82)110-92(101)65-56-77(105-52-8-4)86-81(60-65)114-97(118-86,72-45-29-15-30-46-72)73-47-31-16-32-48-73/h5-48,53-60,82,87-88,93H,1-4,49-52,61H2/t82-,87-,88-,93-/m1/s1. The van der Waals surface area contributed by atoms with Gasteiger partial charge in [-0.25, -0.2) is 19.2 Å². The van der Waals surface area contributed by atoms with Crippen LogP contribution in [0.4, 0.5) is 0 Å². The monoisotopic (exact) mass is 1570 g/mol. The first-order valence-electron chi connectivity index (χ1n) is 37.9. The summed E-state index contributed by atoms with van der Waals surface area (Å²) in [4.78, 5) is 62.7. The third-order valence-electron chi connectivity index (χ3n) is 20.0. The maximum atomic E-state index is 15.9. The minimum atomic E-state index is -2.06. The van der Waals surface area contributed by atoms with Crippen LogP contribution >= 0.6 is 0 Å². The zero-order valence-corrected chi connectivity index (χ0v) is 63.3. The third kappa shape index (κ3) is 14.3. The predicted molar refractivity (Wildman–Crippen MR) is 431 cm³/mol. The lowest BCUT2D eigenvalue weighted by Crippen LogP contribution is -2.43. The van der Waals surface area contributed by atoms with E-state index in [1.807, 2.05) is 243 Å². The van der Waals surface area contributed by atoms with E-state index in [0.717, 1.165) is 0 Å². The van der Waals surface area contributed by atoms with Gasteiger partial charge in [-0.1, -0.05) is 293 Å². The lowest BCUT2D eigenvalue weighted by Gasteiger charge is -2.28. The van der Waals surface area contributed by atoms with Crippen LogP contribution < -0.4 is 56.8 Å². The smallest absolute Gasteiger partial charge is 0.340 e. The quantitative estimate of drug-likeness (QED) is 0.0241. The van der Waals surface area contributed by atoms with Gasteiger partial charge in [0.1, 0.15) is 39.1 Å². The van der Waals surface area contributed by atoms with Crippen molar-refractivity contribution in [2.75, 3.05) is 33.0 Å². The fourth-order valence-corrected chi connectivity index (χ4v) is 14.6. The van der Waals surface area contributed by atoms with Gasteiger partial charge in [-0.3, -0.25) is 0 Å². The number of fused-ring (bicyclic) bond motifs is 4. The van der Waals surface area contributed by atoms with E-state index in [0.29, 0.717) is 44.5 Å². The molecule has 1 saturated heterocycles. The first-order valence-corrected chi connectivity index (χ1v) is 37.9. The highest BCUT2D eigenvalue weighted by Gasteiger charge is 2.56. The Labute approximate surface area is 678 Å². The van der Waals surface area contributed by atoms with Gasteiger partial charge in [0.2, 0.25) is 35.4 Å². The molecule has 12 aromatic carbocycles. The second-order valence-corrected chi connectivity index (χ2v) is 27.6. The maximum Gasteiger partial charge on any atom is 0.340 e. The van der Waals surface area contributed by atoms with E-state index in [1.165, 1.54) is 72.8 Å². The number of esters is 4. The van der Waals surface area contributed by atoms with Crippen LogP contribution in [0.2, 0.25) is 0 Å². The van der Waals surface area contributed by atoms with Gasteiger partial charge in [0.25, 0.3) is 0 Å². The molecule has 1 fully saturated rings. The molecule has 0 bridgehead atoms. The van der Waals surface area contributed by atoms with Crippen LogP contribution in [-0.2, 0) is 46.8 Å². The van der Waals surface area contributed by atoms with Crippen LogP contribution in [0.15, 0.2) is 342 Å². The molecule has 5 heterocycles. The molecule has 21 heteroatoms. The third-order valence-corrected chi connectivity index (χ3v) is 20.0. The summed E-state index contributed by atoms with van der Waals surface area (Å²) in [7, 11) is 0. The summed E-state index contributed by atoms with van der Waals surface area (Å²) in [5.41, 5.74) is 4.13. The van der Waals surface area contributed by atoms with Gasteiger partial charge in [0.05, 0.1) is 22.3 Å². The second kappa shape index (κ2) is 32.5. The van der Waals surface area contributed by atoms with Crippen LogP contribution in [0.25, 0.3) is 0 Å². The highest BCUT2D eigenvalue weighted by atomic mass is 16.8. The highest BCUT2D eigenvalue weighted by Crippen LogP contribution is 2.58. The van der Waals surface area contributed by atoms with Crippen molar-refractivity contribution < 1.29 is 99.7 Å². The van der Waals surface area contributed by atoms with Crippen molar-refractivity contribution in [3.8, 4) is 69.0 Å². The number of hydrogen-bond acceptors (Lipinski definition) is 21. The summed E-state index contributed by atoms with van der Waals surface area (Å²) >= 11 is 0. The number of rotatable bonds is 29. The van der Waals surface area contributed by atoms with E-state index in [4.69, 9.17) is 80.5 Å².